The first-order valence-electron chi connectivity index (χ1n) is 18.0. The van der Waals surface area contributed by atoms with Crippen LogP contribution in [0.25, 0.3) is 11.1 Å². The average Bonchev–Trinajstić information content (AvgIpc) is 3.18. The van der Waals surface area contributed by atoms with Crippen LogP contribution in [0.3, 0.4) is 0 Å². The molecule has 0 saturated carbocycles. The molecule has 0 bridgehead atoms. The third kappa shape index (κ3) is 9.62. The van der Waals surface area contributed by atoms with Gasteiger partial charge < -0.3 is 34.9 Å². The number of rotatable bonds is 12. The Morgan fingerprint density at radius 1 is 0.824 bits per heavy atom. The number of carbonyl (C=O) groups is 2. The molecule has 2 aliphatic heterocycles. The summed E-state index contributed by atoms with van der Waals surface area (Å²) in [6, 6.07) is 32.6. The number of nitrogens with zero attached hydrogens (tertiary/aromatic N) is 1. The van der Waals surface area contributed by atoms with Gasteiger partial charge in [0.15, 0.2) is 6.29 Å². The van der Waals surface area contributed by atoms with Gasteiger partial charge in [-0.25, -0.2) is 9.59 Å². The molecule has 3 N–H and O–H groups in total. The minimum Gasteiger partial charge on any atom is -0.467 e. The van der Waals surface area contributed by atoms with Crippen LogP contribution in [-0.2, 0) is 38.6 Å². The summed E-state index contributed by atoms with van der Waals surface area (Å²) >= 11 is 0. The number of nitrogens with one attached hydrogen (secondary N) is 2. The SMILES string of the molecule is COC(=O)[C@H](Cc1ccccc1)NC(=O)NCc1cccc(-c2ccc([C@@H]3O[C@H](CN4CCCCC4)[C@H](C)[C@H](c4ccc(CO)cc4)O3)cc2)c1. The first kappa shape index (κ1) is 36.3. The van der Waals surface area contributed by atoms with Gasteiger partial charge in [-0.3, -0.25) is 0 Å². The monoisotopic (exact) mass is 691 g/mol. The summed E-state index contributed by atoms with van der Waals surface area (Å²) in [5.74, 6) is -0.348. The molecule has 0 aliphatic carbocycles. The fourth-order valence-electron chi connectivity index (χ4n) is 7.00. The van der Waals surface area contributed by atoms with E-state index in [1.54, 1.807) is 0 Å². The van der Waals surface area contributed by atoms with Crippen molar-refractivity contribution < 1.29 is 28.9 Å². The molecule has 2 aliphatic rings. The Morgan fingerprint density at radius 2 is 1.53 bits per heavy atom. The Kier molecular flexibility index (Phi) is 12.5. The molecule has 2 heterocycles. The molecule has 6 rings (SSSR count). The number of aliphatic hydroxyl groups is 1. The van der Waals surface area contributed by atoms with Crippen LogP contribution in [0.15, 0.2) is 103 Å². The molecule has 0 radical (unpaired) electrons. The van der Waals surface area contributed by atoms with Crippen molar-refractivity contribution in [1.82, 2.24) is 15.5 Å². The zero-order valence-electron chi connectivity index (χ0n) is 29.5. The van der Waals surface area contributed by atoms with E-state index in [1.807, 2.05) is 66.7 Å². The van der Waals surface area contributed by atoms with Crippen molar-refractivity contribution in [2.24, 2.45) is 5.92 Å². The molecular formula is C42H49N3O6. The summed E-state index contributed by atoms with van der Waals surface area (Å²) < 4.78 is 18.3. The Morgan fingerprint density at radius 3 is 2.24 bits per heavy atom. The lowest BCUT2D eigenvalue weighted by Gasteiger charge is -2.43. The molecule has 9 heteroatoms. The molecule has 0 unspecified atom stereocenters. The minimum atomic E-state index is -0.801. The lowest BCUT2D eigenvalue weighted by Crippen LogP contribution is -2.47. The zero-order chi connectivity index (χ0) is 35.6. The van der Waals surface area contributed by atoms with E-state index in [9.17, 15) is 14.7 Å². The number of aliphatic hydroxyl groups excluding tert-OH is 1. The molecule has 51 heavy (non-hydrogen) atoms. The number of methoxy groups -OCH3 is 1. The van der Waals surface area contributed by atoms with Crippen LogP contribution < -0.4 is 10.6 Å². The maximum Gasteiger partial charge on any atom is 0.328 e. The molecule has 5 atom stereocenters. The highest BCUT2D eigenvalue weighted by Crippen LogP contribution is 2.42. The summed E-state index contributed by atoms with van der Waals surface area (Å²) in [6.45, 7) is 5.59. The van der Waals surface area contributed by atoms with Gasteiger partial charge in [-0.1, -0.05) is 110 Å². The number of likely N-dealkylation sites (tertiary alicyclic amines) is 1. The number of benzene rings is 4. The van der Waals surface area contributed by atoms with E-state index >= 15 is 0 Å². The lowest BCUT2D eigenvalue weighted by atomic mass is 9.89. The quantitative estimate of drug-likeness (QED) is 0.142. The van der Waals surface area contributed by atoms with Gasteiger partial charge in [-0.15, -0.1) is 0 Å². The zero-order valence-corrected chi connectivity index (χ0v) is 29.5. The molecule has 2 amide bonds. The van der Waals surface area contributed by atoms with Crippen molar-refractivity contribution in [2.75, 3.05) is 26.7 Å². The van der Waals surface area contributed by atoms with E-state index in [2.05, 4.69) is 58.9 Å². The van der Waals surface area contributed by atoms with E-state index in [1.165, 1.54) is 26.4 Å². The molecule has 2 fully saturated rings. The molecule has 4 aromatic carbocycles. The largest absolute Gasteiger partial charge is 0.467 e. The number of carbonyl (C=O) groups excluding carboxylic acids is 2. The predicted octanol–water partition coefficient (Wildman–Crippen LogP) is 6.71. The van der Waals surface area contributed by atoms with Crippen LogP contribution in [0.2, 0.25) is 0 Å². The van der Waals surface area contributed by atoms with Gasteiger partial charge in [0.1, 0.15) is 6.04 Å². The second-order valence-electron chi connectivity index (χ2n) is 13.6. The molecule has 268 valence electrons. The van der Waals surface area contributed by atoms with Crippen molar-refractivity contribution in [3.63, 3.8) is 0 Å². The van der Waals surface area contributed by atoms with Crippen molar-refractivity contribution in [1.29, 1.82) is 0 Å². The number of urea groups is 1. The summed E-state index contributed by atoms with van der Waals surface area (Å²) in [4.78, 5) is 27.7. The van der Waals surface area contributed by atoms with Gasteiger partial charge in [-0.2, -0.15) is 0 Å². The smallest absolute Gasteiger partial charge is 0.328 e. The van der Waals surface area contributed by atoms with Gasteiger partial charge in [0.05, 0.1) is 25.9 Å². The van der Waals surface area contributed by atoms with Crippen LogP contribution in [0.4, 0.5) is 4.79 Å². The summed E-state index contributed by atoms with van der Waals surface area (Å²) in [5, 5.41) is 15.2. The molecule has 0 spiro atoms. The highest BCUT2D eigenvalue weighted by atomic mass is 16.7. The minimum absolute atomic E-state index is 0.00617. The lowest BCUT2D eigenvalue weighted by molar-refractivity contribution is -0.276. The van der Waals surface area contributed by atoms with Gasteiger partial charge in [0.2, 0.25) is 0 Å². The molecule has 9 nitrogen and oxygen atoms in total. The van der Waals surface area contributed by atoms with E-state index in [0.29, 0.717) is 6.42 Å². The number of hydrogen-bond acceptors (Lipinski definition) is 7. The van der Waals surface area contributed by atoms with Crippen LogP contribution >= 0.6 is 0 Å². The van der Waals surface area contributed by atoms with Crippen molar-refractivity contribution >= 4 is 12.0 Å². The second kappa shape index (κ2) is 17.6. The van der Waals surface area contributed by atoms with Gasteiger partial charge in [0.25, 0.3) is 0 Å². The Balaban J connectivity index is 1.11. The van der Waals surface area contributed by atoms with Gasteiger partial charge >= 0.3 is 12.0 Å². The average molecular weight is 692 g/mol. The van der Waals surface area contributed by atoms with Crippen LogP contribution in [0, 0.1) is 5.92 Å². The van der Waals surface area contributed by atoms with Gasteiger partial charge in [0, 0.05) is 31.0 Å². The van der Waals surface area contributed by atoms with Gasteiger partial charge in [-0.05, 0) is 65.4 Å². The highest BCUT2D eigenvalue weighted by Gasteiger charge is 2.39. The summed E-state index contributed by atoms with van der Waals surface area (Å²) in [5.41, 5.74) is 6.82. The Labute approximate surface area is 300 Å². The van der Waals surface area contributed by atoms with Crippen molar-refractivity contribution in [3.05, 3.63) is 131 Å². The molecule has 4 aromatic rings. The van der Waals surface area contributed by atoms with Crippen molar-refractivity contribution in [2.45, 2.75) is 70.3 Å². The van der Waals surface area contributed by atoms with E-state index in [-0.39, 0.29) is 31.3 Å². The number of esters is 1. The molecule has 2 saturated heterocycles. The summed E-state index contributed by atoms with van der Waals surface area (Å²) in [6.07, 6.45) is 3.42. The second-order valence-corrected chi connectivity index (χ2v) is 13.6. The third-order valence-electron chi connectivity index (χ3n) is 9.98. The van der Waals surface area contributed by atoms with E-state index < -0.39 is 24.3 Å². The number of amides is 2. The first-order valence-corrected chi connectivity index (χ1v) is 18.0. The fourth-order valence-corrected chi connectivity index (χ4v) is 7.00. The van der Waals surface area contributed by atoms with Crippen LogP contribution in [0.1, 0.15) is 66.4 Å². The Hall–Kier alpha value is -4.54. The topological polar surface area (TPSA) is 109 Å². The third-order valence-corrected chi connectivity index (χ3v) is 9.98. The maximum atomic E-state index is 12.8. The van der Waals surface area contributed by atoms with Crippen LogP contribution in [-0.4, -0.2) is 60.9 Å². The molecule has 0 aromatic heterocycles. The highest BCUT2D eigenvalue weighted by molar-refractivity contribution is 5.83. The van der Waals surface area contributed by atoms with E-state index in [4.69, 9.17) is 14.2 Å². The maximum absolute atomic E-state index is 12.8. The van der Waals surface area contributed by atoms with Crippen LogP contribution in [0.5, 0.6) is 0 Å². The number of hydrogen-bond donors (Lipinski definition) is 3. The predicted molar refractivity (Wildman–Crippen MR) is 196 cm³/mol. The summed E-state index contributed by atoms with van der Waals surface area (Å²) in [7, 11) is 1.32. The number of piperidine rings is 1. The van der Waals surface area contributed by atoms with Crippen molar-refractivity contribution in [3.8, 4) is 11.1 Å². The van der Waals surface area contributed by atoms with E-state index in [0.717, 1.165) is 58.6 Å². The normalized spacial score (nSPS) is 21.4. The fraction of sp³-hybridized carbons (Fsp3) is 0.381. The standard InChI is InChI=1S/C42H49N3O6/c1-29-38(27-45-22-7-4-8-23-45)50-41(51-39(29)34-16-14-31(28-46)15-17-34)35-20-18-33(19-21-35)36-13-9-12-32(24-36)26-43-42(48)44-37(40(47)49-2)25-30-10-5-3-6-11-30/h3,5-6,9-21,24,29,37-39,41,46H,4,7-8,22-23,25-28H2,1-2H3,(H2,43,44,48)/t29-,37-,38+,39+,41+/m0/s1. The number of ether oxygens (including phenoxy) is 3. The Bertz CT molecular complexity index is 1710. The first-order chi connectivity index (χ1) is 24.9. The molecular weight excluding hydrogens is 642 g/mol.